The van der Waals surface area contributed by atoms with Gasteiger partial charge in [0.2, 0.25) is 0 Å². The molecular weight excluding hydrogens is 212 g/mol. The van der Waals surface area contributed by atoms with Gasteiger partial charge in [-0.15, -0.1) is 0 Å². The maximum Gasteiger partial charge on any atom is 0.105 e. The summed E-state index contributed by atoms with van der Waals surface area (Å²) in [5.74, 6) is 0. The van der Waals surface area contributed by atoms with E-state index in [1.54, 1.807) is 24.3 Å². The molecule has 0 aromatic heterocycles. The summed E-state index contributed by atoms with van der Waals surface area (Å²) in [6.45, 7) is 2.05. The van der Waals surface area contributed by atoms with Crippen molar-refractivity contribution in [3.63, 3.8) is 0 Å². The van der Waals surface area contributed by atoms with E-state index in [0.717, 1.165) is 12.8 Å². The van der Waals surface area contributed by atoms with Crippen molar-refractivity contribution in [2.45, 2.75) is 38.4 Å². The van der Waals surface area contributed by atoms with Crippen molar-refractivity contribution in [3.8, 4) is 0 Å². The summed E-state index contributed by atoms with van der Waals surface area (Å²) in [7, 11) is 0. The molecule has 2 atom stereocenters. The molecule has 2 nitrogen and oxygen atoms in total. The maximum atomic E-state index is 9.83. The Morgan fingerprint density at radius 1 is 1.33 bits per heavy atom. The predicted molar refractivity (Wildman–Crippen MR) is 61.9 cm³/mol. The van der Waals surface area contributed by atoms with Gasteiger partial charge >= 0.3 is 0 Å². The first-order valence-electron chi connectivity index (χ1n) is 5.26. The molecule has 0 fully saturated rings. The third kappa shape index (κ3) is 3.82. The minimum atomic E-state index is -0.838. The highest BCUT2D eigenvalue weighted by molar-refractivity contribution is 6.30. The lowest BCUT2D eigenvalue weighted by atomic mass is 10.0. The Hall–Kier alpha value is -0.570. The van der Waals surface area contributed by atoms with Gasteiger partial charge in [-0.05, 0) is 24.1 Å². The Balaban J connectivity index is 2.62. The molecule has 84 valence electrons. The van der Waals surface area contributed by atoms with E-state index in [9.17, 15) is 10.2 Å². The first-order chi connectivity index (χ1) is 7.15. The zero-order valence-corrected chi connectivity index (χ0v) is 9.61. The highest BCUT2D eigenvalue weighted by Crippen LogP contribution is 2.22. The summed E-state index contributed by atoms with van der Waals surface area (Å²) >= 11 is 5.81. The highest BCUT2D eigenvalue weighted by atomic mass is 35.5. The van der Waals surface area contributed by atoms with Crippen LogP contribution in [0, 0.1) is 0 Å². The minimum Gasteiger partial charge on any atom is -0.390 e. The standard InChI is InChI=1S/C12H17ClO2/c1-2-3-7-11(14)12(15)9-5-4-6-10(13)8-9/h4-6,8,11-12,14-15H,2-3,7H2,1H3/t11-,12-/m0/s1. The Morgan fingerprint density at radius 2 is 2.07 bits per heavy atom. The van der Waals surface area contributed by atoms with Crippen molar-refractivity contribution in [1.29, 1.82) is 0 Å². The zero-order valence-electron chi connectivity index (χ0n) is 8.86. The smallest absolute Gasteiger partial charge is 0.105 e. The van der Waals surface area contributed by atoms with Crippen LogP contribution in [-0.2, 0) is 0 Å². The van der Waals surface area contributed by atoms with Gasteiger partial charge in [0.15, 0.2) is 0 Å². The fourth-order valence-electron chi connectivity index (χ4n) is 1.48. The summed E-state index contributed by atoms with van der Waals surface area (Å²) in [5, 5.41) is 20.1. The number of hydrogen-bond acceptors (Lipinski definition) is 2. The largest absolute Gasteiger partial charge is 0.390 e. The monoisotopic (exact) mass is 228 g/mol. The second kappa shape index (κ2) is 6.11. The number of aliphatic hydroxyl groups is 2. The van der Waals surface area contributed by atoms with Gasteiger partial charge in [0.1, 0.15) is 6.10 Å². The second-order valence-corrected chi connectivity index (χ2v) is 4.15. The summed E-state index contributed by atoms with van der Waals surface area (Å²) in [6, 6.07) is 6.97. The van der Waals surface area contributed by atoms with Crippen LogP contribution in [0.25, 0.3) is 0 Å². The van der Waals surface area contributed by atoms with Crippen LogP contribution in [0.3, 0.4) is 0 Å². The SMILES string of the molecule is CCCC[C@H](O)[C@@H](O)c1cccc(Cl)c1. The lowest BCUT2D eigenvalue weighted by molar-refractivity contribution is 0.0122. The van der Waals surface area contributed by atoms with E-state index in [4.69, 9.17) is 11.6 Å². The molecule has 1 aromatic rings. The summed E-state index contributed by atoms with van der Waals surface area (Å²) < 4.78 is 0. The molecule has 0 spiro atoms. The van der Waals surface area contributed by atoms with Crippen molar-refractivity contribution >= 4 is 11.6 Å². The molecule has 2 N–H and O–H groups in total. The van der Waals surface area contributed by atoms with Gasteiger partial charge in [0, 0.05) is 5.02 Å². The molecular formula is C12H17ClO2. The topological polar surface area (TPSA) is 40.5 Å². The molecule has 0 aliphatic carbocycles. The Morgan fingerprint density at radius 3 is 2.67 bits per heavy atom. The van der Waals surface area contributed by atoms with Crippen molar-refractivity contribution in [3.05, 3.63) is 34.9 Å². The van der Waals surface area contributed by atoms with Gasteiger partial charge in [-0.25, -0.2) is 0 Å². The van der Waals surface area contributed by atoms with Crippen LogP contribution in [0.4, 0.5) is 0 Å². The molecule has 0 saturated heterocycles. The van der Waals surface area contributed by atoms with Gasteiger partial charge < -0.3 is 10.2 Å². The molecule has 0 unspecified atom stereocenters. The first-order valence-corrected chi connectivity index (χ1v) is 5.64. The van der Waals surface area contributed by atoms with E-state index in [1.807, 2.05) is 0 Å². The van der Waals surface area contributed by atoms with Crippen LogP contribution in [0.15, 0.2) is 24.3 Å². The lowest BCUT2D eigenvalue weighted by Gasteiger charge is -2.17. The van der Waals surface area contributed by atoms with Crippen molar-refractivity contribution < 1.29 is 10.2 Å². The molecule has 3 heteroatoms. The number of unbranched alkanes of at least 4 members (excludes halogenated alkanes) is 1. The number of aliphatic hydroxyl groups excluding tert-OH is 2. The summed E-state index contributed by atoms with van der Waals surface area (Å²) in [4.78, 5) is 0. The molecule has 1 aromatic carbocycles. The molecule has 0 aliphatic rings. The van der Waals surface area contributed by atoms with Crippen LogP contribution >= 0.6 is 11.6 Å². The molecule has 0 bridgehead atoms. The number of hydrogen-bond donors (Lipinski definition) is 2. The third-order valence-electron chi connectivity index (χ3n) is 2.41. The van der Waals surface area contributed by atoms with E-state index in [2.05, 4.69) is 6.92 Å². The molecule has 0 heterocycles. The van der Waals surface area contributed by atoms with Crippen LogP contribution in [0.2, 0.25) is 5.02 Å². The average molecular weight is 229 g/mol. The summed E-state index contributed by atoms with van der Waals surface area (Å²) in [5.41, 5.74) is 0.672. The first kappa shape index (κ1) is 12.5. The number of halogens is 1. The van der Waals surface area contributed by atoms with Crippen molar-refractivity contribution in [2.75, 3.05) is 0 Å². The van der Waals surface area contributed by atoms with Gasteiger partial charge in [-0.3, -0.25) is 0 Å². The highest BCUT2D eigenvalue weighted by Gasteiger charge is 2.17. The van der Waals surface area contributed by atoms with E-state index in [1.165, 1.54) is 0 Å². The van der Waals surface area contributed by atoms with Crippen LogP contribution < -0.4 is 0 Å². The van der Waals surface area contributed by atoms with Crippen LogP contribution in [0.1, 0.15) is 37.9 Å². The second-order valence-electron chi connectivity index (χ2n) is 3.71. The van der Waals surface area contributed by atoms with E-state index >= 15 is 0 Å². The lowest BCUT2D eigenvalue weighted by Crippen LogP contribution is -2.17. The van der Waals surface area contributed by atoms with Gasteiger partial charge in [0.25, 0.3) is 0 Å². The van der Waals surface area contributed by atoms with Gasteiger partial charge in [0.05, 0.1) is 6.10 Å². The van der Waals surface area contributed by atoms with Crippen LogP contribution in [-0.4, -0.2) is 16.3 Å². The normalized spacial score (nSPS) is 14.9. The Labute approximate surface area is 95.5 Å². The molecule has 1 rings (SSSR count). The zero-order chi connectivity index (χ0) is 11.3. The quantitative estimate of drug-likeness (QED) is 0.814. The number of benzene rings is 1. The van der Waals surface area contributed by atoms with Crippen molar-refractivity contribution in [2.24, 2.45) is 0 Å². The number of rotatable bonds is 5. The molecule has 0 radical (unpaired) electrons. The van der Waals surface area contributed by atoms with E-state index in [0.29, 0.717) is 17.0 Å². The van der Waals surface area contributed by atoms with Crippen LogP contribution in [0.5, 0.6) is 0 Å². The van der Waals surface area contributed by atoms with Gasteiger partial charge in [-0.1, -0.05) is 43.5 Å². The molecule has 15 heavy (non-hydrogen) atoms. The van der Waals surface area contributed by atoms with E-state index < -0.39 is 12.2 Å². The maximum absolute atomic E-state index is 9.83. The minimum absolute atomic E-state index is 0.578. The fourth-order valence-corrected chi connectivity index (χ4v) is 1.68. The van der Waals surface area contributed by atoms with Crippen molar-refractivity contribution in [1.82, 2.24) is 0 Å². The predicted octanol–water partition coefficient (Wildman–Crippen LogP) is 2.92. The Bertz CT molecular complexity index is 301. The fraction of sp³-hybridized carbons (Fsp3) is 0.500. The average Bonchev–Trinajstić information content (AvgIpc) is 2.24. The Kier molecular flexibility index (Phi) is 5.09. The molecule has 0 saturated carbocycles. The summed E-state index contributed by atoms with van der Waals surface area (Å²) in [6.07, 6.45) is 1.00. The third-order valence-corrected chi connectivity index (χ3v) is 2.64. The molecule has 0 aliphatic heterocycles. The van der Waals surface area contributed by atoms with Gasteiger partial charge in [-0.2, -0.15) is 0 Å². The molecule has 0 amide bonds. The van der Waals surface area contributed by atoms with E-state index in [-0.39, 0.29) is 0 Å².